The van der Waals surface area contributed by atoms with Gasteiger partial charge >= 0.3 is 0 Å². The first-order valence-electron chi connectivity index (χ1n) is 10.2. The third kappa shape index (κ3) is 3.59. The summed E-state index contributed by atoms with van der Waals surface area (Å²) in [5, 5.41) is 18.8. The zero-order chi connectivity index (χ0) is 22.9. The first-order chi connectivity index (χ1) is 16.1. The molecule has 0 bridgehead atoms. The Morgan fingerprint density at radius 1 is 1.12 bits per heavy atom. The number of ether oxygens (including phenoxy) is 1. The molecule has 1 aliphatic rings. The average molecular weight is 441 g/mol. The quantitative estimate of drug-likeness (QED) is 0.355. The predicted molar refractivity (Wildman–Crippen MR) is 120 cm³/mol. The third-order valence-corrected chi connectivity index (χ3v) is 5.73. The van der Waals surface area contributed by atoms with Gasteiger partial charge < -0.3 is 9.64 Å². The molecule has 0 aliphatic carbocycles. The number of non-ortho nitro benzene ring substituents is 1. The van der Waals surface area contributed by atoms with Gasteiger partial charge in [0.1, 0.15) is 11.4 Å². The summed E-state index contributed by atoms with van der Waals surface area (Å²) in [4.78, 5) is 30.2. The van der Waals surface area contributed by atoms with Crippen LogP contribution in [-0.4, -0.2) is 38.0 Å². The standard InChI is InChI=1S/C24H19N5O4/c1-33-19-7-5-16(6-8-19)21-20-22(27-26-21)24(30)28(14-15-9-11-25-12-10-15)23(20)17-3-2-4-18(13-17)29(31)32/h2-13,23H,14H2,1H3,(H,26,27). The summed E-state index contributed by atoms with van der Waals surface area (Å²) < 4.78 is 5.25. The normalized spacial score (nSPS) is 14.9. The summed E-state index contributed by atoms with van der Waals surface area (Å²) in [6.07, 6.45) is 3.34. The van der Waals surface area contributed by atoms with Crippen LogP contribution in [0.4, 0.5) is 5.69 Å². The summed E-state index contributed by atoms with van der Waals surface area (Å²) in [5.74, 6) is 0.488. The summed E-state index contributed by atoms with van der Waals surface area (Å²) in [7, 11) is 1.59. The van der Waals surface area contributed by atoms with Gasteiger partial charge in [-0.15, -0.1) is 0 Å². The van der Waals surface area contributed by atoms with Crippen molar-refractivity contribution >= 4 is 11.6 Å². The van der Waals surface area contributed by atoms with Crippen LogP contribution in [0.5, 0.6) is 5.75 Å². The summed E-state index contributed by atoms with van der Waals surface area (Å²) in [6, 6.07) is 16.9. The van der Waals surface area contributed by atoms with Gasteiger partial charge in [-0.3, -0.25) is 25.0 Å². The molecular formula is C24H19N5O4. The second kappa shape index (κ2) is 8.19. The van der Waals surface area contributed by atoms with Gasteiger partial charge in [0.05, 0.1) is 23.8 Å². The van der Waals surface area contributed by atoms with Crippen LogP contribution < -0.4 is 4.74 Å². The van der Waals surface area contributed by atoms with Crippen LogP contribution in [0.2, 0.25) is 0 Å². The van der Waals surface area contributed by atoms with Crippen molar-refractivity contribution in [1.82, 2.24) is 20.1 Å². The van der Waals surface area contributed by atoms with E-state index in [1.165, 1.54) is 12.1 Å². The Bertz CT molecular complexity index is 1330. The lowest BCUT2D eigenvalue weighted by atomic mass is 9.95. The van der Waals surface area contributed by atoms with Gasteiger partial charge in [0.2, 0.25) is 0 Å². The van der Waals surface area contributed by atoms with Gasteiger partial charge in [0.15, 0.2) is 0 Å². The van der Waals surface area contributed by atoms with Crippen LogP contribution >= 0.6 is 0 Å². The monoisotopic (exact) mass is 441 g/mol. The first kappa shape index (κ1) is 20.4. The minimum atomic E-state index is -0.545. The Labute approximate surface area is 188 Å². The van der Waals surface area contributed by atoms with Crippen molar-refractivity contribution in [1.29, 1.82) is 0 Å². The number of H-pyrrole nitrogens is 1. The molecule has 1 atom stereocenters. The second-order valence-electron chi connectivity index (χ2n) is 7.63. The Kier molecular flexibility index (Phi) is 5.06. The number of fused-ring (bicyclic) bond motifs is 1. The van der Waals surface area contributed by atoms with E-state index >= 15 is 0 Å². The second-order valence-corrected chi connectivity index (χ2v) is 7.63. The number of nitrogens with zero attached hydrogens (tertiary/aromatic N) is 4. The zero-order valence-corrected chi connectivity index (χ0v) is 17.6. The number of hydrogen-bond acceptors (Lipinski definition) is 6. The SMILES string of the molecule is COc1ccc(-c2n[nH]c3c2C(c2cccc([N+](=O)[O-])c2)N(Cc2ccncc2)C3=O)cc1. The molecule has 2 aromatic carbocycles. The number of methoxy groups -OCH3 is 1. The lowest BCUT2D eigenvalue weighted by Gasteiger charge is -2.26. The number of carbonyl (C=O) groups is 1. The lowest BCUT2D eigenvalue weighted by Crippen LogP contribution is -2.29. The molecule has 3 heterocycles. The molecule has 0 spiro atoms. The van der Waals surface area contributed by atoms with Crippen molar-refractivity contribution in [3.05, 3.63) is 106 Å². The summed E-state index contributed by atoms with van der Waals surface area (Å²) >= 11 is 0. The van der Waals surface area contributed by atoms with Crippen molar-refractivity contribution in [3.8, 4) is 17.0 Å². The zero-order valence-electron chi connectivity index (χ0n) is 17.6. The van der Waals surface area contributed by atoms with E-state index in [1.807, 2.05) is 36.4 Å². The summed E-state index contributed by atoms with van der Waals surface area (Å²) in [6.45, 7) is 0.319. The van der Waals surface area contributed by atoms with Gasteiger partial charge in [0, 0.05) is 42.2 Å². The molecule has 0 saturated carbocycles. The fourth-order valence-electron chi connectivity index (χ4n) is 4.17. The maximum Gasteiger partial charge on any atom is 0.273 e. The Morgan fingerprint density at radius 2 is 1.88 bits per heavy atom. The number of pyridine rings is 1. The van der Waals surface area contributed by atoms with E-state index in [0.29, 0.717) is 34.8 Å². The number of aromatic amines is 1. The molecule has 33 heavy (non-hydrogen) atoms. The van der Waals surface area contributed by atoms with Crippen LogP contribution in [0.3, 0.4) is 0 Å². The topological polar surface area (TPSA) is 114 Å². The fraction of sp³-hybridized carbons (Fsp3) is 0.125. The number of nitro groups is 1. The van der Waals surface area contributed by atoms with E-state index in [2.05, 4.69) is 15.2 Å². The molecule has 0 saturated heterocycles. The minimum Gasteiger partial charge on any atom is -0.497 e. The van der Waals surface area contributed by atoms with Gasteiger partial charge in [-0.2, -0.15) is 5.10 Å². The van der Waals surface area contributed by atoms with Crippen LogP contribution in [0.25, 0.3) is 11.3 Å². The highest BCUT2D eigenvalue weighted by molar-refractivity contribution is 6.00. The molecular weight excluding hydrogens is 422 g/mol. The van der Waals surface area contributed by atoms with Gasteiger partial charge in [-0.1, -0.05) is 12.1 Å². The molecule has 1 amide bonds. The Morgan fingerprint density at radius 3 is 2.58 bits per heavy atom. The number of rotatable bonds is 6. The number of aromatic nitrogens is 3. The van der Waals surface area contributed by atoms with E-state index < -0.39 is 11.0 Å². The molecule has 4 aromatic rings. The highest BCUT2D eigenvalue weighted by Gasteiger charge is 2.42. The maximum absolute atomic E-state index is 13.4. The molecule has 1 N–H and O–H groups in total. The summed E-state index contributed by atoms with van der Waals surface area (Å²) in [5.41, 5.74) is 4.01. The molecule has 1 unspecified atom stereocenters. The number of carbonyl (C=O) groups excluding carboxylic acids is 1. The smallest absolute Gasteiger partial charge is 0.273 e. The van der Waals surface area contributed by atoms with Crippen LogP contribution in [0.1, 0.15) is 33.2 Å². The highest BCUT2D eigenvalue weighted by atomic mass is 16.6. The molecule has 9 nitrogen and oxygen atoms in total. The van der Waals surface area contributed by atoms with E-state index in [1.54, 1.807) is 36.5 Å². The molecule has 9 heteroatoms. The van der Waals surface area contributed by atoms with E-state index in [0.717, 1.165) is 11.1 Å². The first-order valence-corrected chi connectivity index (χ1v) is 10.2. The van der Waals surface area contributed by atoms with Crippen molar-refractivity contribution in [3.63, 3.8) is 0 Å². The molecule has 0 radical (unpaired) electrons. The molecule has 0 fully saturated rings. The van der Waals surface area contributed by atoms with Gasteiger partial charge in [-0.05, 0) is 47.5 Å². The fourth-order valence-corrected chi connectivity index (χ4v) is 4.17. The average Bonchev–Trinajstić information content (AvgIpc) is 3.39. The van der Waals surface area contributed by atoms with Crippen molar-refractivity contribution in [2.24, 2.45) is 0 Å². The van der Waals surface area contributed by atoms with Crippen LogP contribution in [0.15, 0.2) is 73.1 Å². The van der Waals surface area contributed by atoms with Gasteiger partial charge in [-0.25, -0.2) is 0 Å². The third-order valence-electron chi connectivity index (χ3n) is 5.73. The Hall–Kier alpha value is -4.53. The highest BCUT2D eigenvalue weighted by Crippen LogP contribution is 2.44. The van der Waals surface area contributed by atoms with E-state index in [4.69, 9.17) is 4.74 Å². The minimum absolute atomic E-state index is 0.0354. The largest absolute Gasteiger partial charge is 0.497 e. The molecule has 1 aliphatic heterocycles. The van der Waals surface area contributed by atoms with Crippen molar-refractivity contribution < 1.29 is 14.5 Å². The number of nitro benzene ring substituents is 1. The van der Waals surface area contributed by atoms with Crippen molar-refractivity contribution in [2.75, 3.05) is 7.11 Å². The van der Waals surface area contributed by atoms with Crippen LogP contribution in [-0.2, 0) is 6.54 Å². The number of nitrogens with one attached hydrogen (secondary N) is 1. The molecule has 5 rings (SSSR count). The predicted octanol–water partition coefficient (Wildman–Crippen LogP) is 4.13. The van der Waals surface area contributed by atoms with E-state index in [9.17, 15) is 14.9 Å². The lowest BCUT2D eigenvalue weighted by molar-refractivity contribution is -0.384. The molecule has 2 aromatic heterocycles. The van der Waals surface area contributed by atoms with Crippen LogP contribution in [0, 0.1) is 10.1 Å². The Balaban J connectivity index is 1.65. The molecule has 164 valence electrons. The maximum atomic E-state index is 13.4. The number of hydrogen-bond donors (Lipinski definition) is 1. The number of amides is 1. The van der Waals surface area contributed by atoms with Gasteiger partial charge in [0.25, 0.3) is 11.6 Å². The van der Waals surface area contributed by atoms with Crippen molar-refractivity contribution in [2.45, 2.75) is 12.6 Å². The number of benzene rings is 2. The van der Waals surface area contributed by atoms with E-state index in [-0.39, 0.29) is 11.6 Å².